The summed E-state index contributed by atoms with van der Waals surface area (Å²) < 4.78 is 0. The van der Waals surface area contributed by atoms with Crippen molar-refractivity contribution in [3.8, 4) is 0 Å². The fourth-order valence-electron chi connectivity index (χ4n) is 2.40. The molecule has 0 amide bonds. The van der Waals surface area contributed by atoms with Crippen molar-refractivity contribution in [1.29, 1.82) is 0 Å². The number of hydrogen-bond donors (Lipinski definition) is 1. The van der Waals surface area contributed by atoms with Gasteiger partial charge >= 0.3 is 0 Å². The van der Waals surface area contributed by atoms with Gasteiger partial charge in [0.05, 0.1) is 0 Å². The molecule has 0 bridgehead atoms. The van der Waals surface area contributed by atoms with Crippen LogP contribution in [0, 0.1) is 0 Å². The Morgan fingerprint density at radius 3 is 1.85 bits per heavy atom. The lowest BCUT2D eigenvalue weighted by Crippen LogP contribution is -2.08. The summed E-state index contributed by atoms with van der Waals surface area (Å²) in [4.78, 5) is 16.0. The number of hydrogen-bond acceptors (Lipinski definition) is 4. The molecular formula is C23H26N2O2. The van der Waals surface area contributed by atoms with Gasteiger partial charge in [-0.15, -0.1) is 0 Å². The molecule has 140 valence electrons. The van der Waals surface area contributed by atoms with Gasteiger partial charge < -0.3 is 14.9 Å². The molecule has 0 saturated heterocycles. The van der Waals surface area contributed by atoms with Gasteiger partial charge in [-0.1, -0.05) is 30.4 Å². The van der Waals surface area contributed by atoms with E-state index in [0.717, 1.165) is 16.9 Å². The maximum atomic E-state index is 12.0. The first-order chi connectivity index (χ1) is 12.9. The Bertz CT molecular complexity index is 843. The third-order valence-corrected chi connectivity index (χ3v) is 4.03. The molecule has 0 spiro atoms. The number of ketones is 1. The van der Waals surface area contributed by atoms with Crippen molar-refractivity contribution >= 4 is 29.0 Å². The van der Waals surface area contributed by atoms with Crippen molar-refractivity contribution in [3.63, 3.8) is 0 Å². The molecule has 0 fully saturated rings. The summed E-state index contributed by atoms with van der Waals surface area (Å²) in [5.74, 6) is -0.310. The number of carbonyl (C=O) groups is 1. The van der Waals surface area contributed by atoms with Crippen LogP contribution >= 0.6 is 0 Å². The smallest absolute Gasteiger partial charge is 0.182 e. The van der Waals surface area contributed by atoms with Gasteiger partial charge in [-0.2, -0.15) is 0 Å². The number of allylic oxidation sites excluding steroid dienone is 4. The van der Waals surface area contributed by atoms with Crippen LogP contribution in [0.15, 0.2) is 72.8 Å². The minimum absolute atomic E-state index is 0.0433. The van der Waals surface area contributed by atoms with Crippen LogP contribution < -0.4 is 9.80 Å². The van der Waals surface area contributed by atoms with Gasteiger partial charge in [0.2, 0.25) is 0 Å². The highest BCUT2D eigenvalue weighted by Crippen LogP contribution is 2.17. The lowest BCUT2D eigenvalue weighted by Gasteiger charge is -2.12. The van der Waals surface area contributed by atoms with Crippen LogP contribution in [0.5, 0.6) is 0 Å². The molecule has 2 aromatic rings. The number of rotatable bonds is 7. The number of aliphatic hydroxyl groups is 1. The van der Waals surface area contributed by atoms with Crippen LogP contribution in [0.25, 0.3) is 11.8 Å². The van der Waals surface area contributed by atoms with Crippen LogP contribution in [0.4, 0.5) is 11.4 Å². The summed E-state index contributed by atoms with van der Waals surface area (Å²) in [5, 5.41) is 10.1. The second-order valence-corrected chi connectivity index (χ2v) is 6.58. The van der Waals surface area contributed by atoms with Crippen LogP contribution in [-0.4, -0.2) is 39.1 Å². The van der Waals surface area contributed by atoms with Gasteiger partial charge in [-0.25, -0.2) is 0 Å². The summed E-state index contributed by atoms with van der Waals surface area (Å²) >= 11 is 0. The van der Waals surface area contributed by atoms with Crippen molar-refractivity contribution in [1.82, 2.24) is 0 Å². The van der Waals surface area contributed by atoms with E-state index in [4.69, 9.17) is 0 Å². The zero-order chi connectivity index (χ0) is 19.8. The maximum absolute atomic E-state index is 12.0. The van der Waals surface area contributed by atoms with E-state index in [1.165, 1.54) is 12.2 Å². The van der Waals surface area contributed by atoms with Crippen LogP contribution in [-0.2, 0) is 4.79 Å². The molecule has 27 heavy (non-hydrogen) atoms. The summed E-state index contributed by atoms with van der Waals surface area (Å²) in [7, 11) is 7.89. The zero-order valence-corrected chi connectivity index (χ0v) is 16.3. The minimum Gasteiger partial charge on any atom is -0.507 e. The molecule has 4 nitrogen and oxygen atoms in total. The van der Waals surface area contributed by atoms with Crippen LogP contribution in [0.3, 0.4) is 0 Å². The Kier molecular flexibility index (Phi) is 7.00. The maximum Gasteiger partial charge on any atom is 0.182 e. The number of anilines is 2. The normalized spacial score (nSPS) is 11.9. The van der Waals surface area contributed by atoms with Crippen molar-refractivity contribution in [2.75, 3.05) is 38.0 Å². The first kappa shape index (κ1) is 20.0. The first-order valence-corrected chi connectivity index (χ1v) is 8.71. The number of carbonyl (C=O) groups excluding carboxylic acids is 1. The largest absolute Gasteiger partial charge is 0.507 e. The summed E-state index contributed by atoms with van der Waals surface area (Å²) in [6, 6.07) is 15.5. The van der Waals surface area contributed by atoms with Crippen molar-refractivity contribution < 1.29 is 9.90 Å². The predicted octanol–water partition coefficient (Wildman–Crippen LogP) is 4.56. The average molecular weight is 362 g/mol. The Morgan fingerprint density at radius 2 is 1.33 bits per heavy atom. The van der Waals surface area contributed by atoms with Crippen molar-refractivity contribution in [2.24, 2.45) is 0 Å². The van der Waals surface area contributed by atoms with E-state index < -0.39 is 0 Å². The molecule has 4 heteroatoms. The van der Waals surface area contributed by atoms with Gasteiger partial charge in [0.15, 0.2) is 5.78 Å². The number of nitrogens with zero attached hydrogens (tertiary/aromatic N) is 2. The van der Waals surface area contributed by atoms with E-state index in [1.807, 2.05) is 80.5 Å². The highest BCUT2D eigenvalue weighted by molar-refractivity contribution is 6.03. The third-order valence-electron chi connectivity index (χ3n) is 4.03. The minimum atomic E-state index is -0.267. The molecule has 1 N–H and O–H groups in total. The SMILES string of the molecule is CN(C)c1ccc(/C=C/C=C/C(=O)/C=C(\O)c2ccc(N(C)C)cc2)cc1. The van der Waals surface area contributed by atoms with Crippen molar-refractivity contribution in [3.05, 3.63) is 84.0 Å². The molecule has 0 unspecified atom stereocenters. The Balaban J connectivity index is 1.96. The van der Waals surface area contributed by atoms with E-state index in [9.17, 15) is 9.90 Å². The predicted molar refractivity (Wildman–Crippen MR) is 115 cm³/mol. The van der Waals surface area contributed by atoms with Crippen LogP contribution in [0.2, 0.25) is 0 Å². The van der Waals surface area contributed by atoms with E-state index in [1.54, 1.807) is 24.3 Å². The van der Waals surface area contributed by atoms with Gasteiger partial charge in [-0.3, -0.25) is 4.79 Å². The third kappa shape index (κ3) is 6.19. The molecule has 0 aliphatic heterocycles. The monoisotopic (exact) mass is 362 g/mol. The van der Waals surface area contributed by atoms with Gasteiger partial charge in [0.25, 0.3) is 0 Å². The van der Waals surface area contributed by atoms with E-state index in [2.05, 4.69) is 0 Å². The molecular weight excluding hydrogens is 336 g/mol. The molecule has 0 aliphatic carbocycles. The molecule has 2 rings (SSSR count). The molecule has 0 heterocycles. The molecule has 0 saturated carbocycles. The average Bonchev–Trinajstić information content (AvgIpc) is 2.65. The van der Waals surface area contributed by atoms with E-state index >= 15 is 0 Å². The lowest BCUT2D eigenvalue weighted by atomic mass is 10.1. The molecule has 2 aromatic carbocycles. The highest BCUT2D eigenvalue weighted by Gasteiger charge is 2.02. The van der Waals surface area contributed by atoms with Gasteiger partial charge in [-0.05, 0) is 48.0 Å². The molecule has 0 aromatic heterocycles. The molecule has 0 aliphatic rings. The fraction of sp³-hybridized carbons (Fsp3) is 0.174. The lowest BCUT2D eigenvalue weighted by molar-refractivity contribution is -0.110. The number of aliphatic hydroxyl groups excluding tert-OH is 1. The molecule has 0 atom stereocenters. The van der Waals surface area contributed by atoms with Gasteiger partial charge in [0, 0.05) is 51.2 Å². The van der Waals surface area contributed by atoms with E-state index in [0.29, 0.717) is 5.56 Å². The van der Waals surface area contributed by atoms with Crippen LogP contribution in [0.1, 0.15) is 11.1 Å². The number of benzene rings is 2. The second-order valence-electron chi connectivity index (χ2n) is 6.58. The second kappa shape index (κ2) is 9.43. The quantitative estimate of drug-likeness (QED) is 0.446. The van der Waals surface area contributed by atoms with Gasteiger partial charge in [0.1, 0.15) is 5.76 Å². The van der Waals surface area contributed by atoms with Crippen molar-refractivity contribution in [2.45, 2.75) is 0 Å². The first-order valence-electron chi connectivity index (χ1n) is 8.71. The topological polar surface area (TPSA) is 43.8 Å². The summed E-state index contributed by atoms with van der Waals surface area (Å²) in [6.07, 6.45) is 8.04. The zero-order valence-electron chi connectivity index (χ0n) is 16.3. The molecule has 0 radical (unpaired) electrons. The summed E-state index contributed by atoms with van der Waals surface area (Å²) in [6.45, 7) is 0. The fourth-order valence-corrected chi connectivity index (χ4v) is 2.40. The highest BCUT2D eigenvalue weighted by atomic mass is 16.3. The Morgan fingerprint density at radius 1 is 0.815 bits per heavy atom. The standard InChI is InChI=1S/C23H26N2O2/c1-24(2)20-13-9-18(10-14-20)7-5-6-8-22(26)17-23(27)19-11-15-21(16-12-19)25(3)4/h5-17,27H,1-4H3/b7-5+,8-6+,23-17-. The Labute approximate surface area is 161 Å². The summed E-state index contributed by atoms with van der Waals surface area (Å²) in [5.41, 5.74) is 3.83. The Hall–Kier alpha value is -3.27. The van der Waals surface area contributed by atoms with E-state index in [-0.39, 0.29) is 11.5 Å².